The summed E-state index contributed by atoms with van der Waals surface area (Å²) in [6.45, 7) is 11.8. The Morgan fingerprint density at radius 1 is 0.909 bits per heavy atom. The SMILES string of the molecule is CC(C)(C)c1cc(N2CCN(Cc3ccc4c(c3)OCO4)CC2)nc(SCc2cccc(C(=O)NCc3cccnc3)c2)n1. The quantitative estimate of drug-likeness (QED) is 0.196. The number of carbonyl (C=O) groups is 1. The maximum absolute atomic E-state index is 12.8. The molecule has 4 heterocycles. The molecule has 9 nitrogen and oxygen atoms in total. The van der Waals surface area contributed by atoms with Crippen molar-refractivity contribution in [2.45, 2.75) is 50.2 Å². The minimum Gasteiger partial charge on any atom is -0.454 e. The highest BCUT2D eigenvalue weighted by molar-refractivity contribution is 7.98. The molecule has 2 aliphatic heterocycles. The number of rotatable bonds is 9. The van der Waals surface area contributed by atoms with E-state index in [2.05, 4.69) is 59.1 Å². The first-order valence-electron chi connectivity index (χ1n) is 14.9. The zero-order valence-electron chi connectivity index (χ0n) is 25.5. The second kappa shape index (κ2) is 13.2. The van der Waals surface area contributed by atoms with Gasteiger partial charge in [-0.1, -0.05) is 56.8 Å². The molecule has 0 atom stereocenters. The Kier molecular flexibility index (Phi) is 8.99. The summed E-state index contributed by atoms with van der Waals surface area (Å²) in [6, 6.07) is 19.9. The molecular formula is C34H38N6O3S. The van der Waals surface area contributed by atoms with Gasteiger partial charge in [0, 0.05) is 74.5 Å². The van der Waals surface area contributed by atoms with Gasteiger partial charge in [0.15, 0.2) is 16.7 Å². The van der Waals surface area contributed by atoms with Gasteiger partial charge in [-0.25, -0.2) is 9.97 Å². The summed E-state index contributed by atoms with van der Waals surface area (Å²) < 4.78 is 11.0. The number of piperazine rings is 1. The number of ether oxygens (including phenoxy) is 2. The number of hydrogen-bond donors (Lipinski definition) is 1. The second-order valence-corrected chi connectivity index (χ2v) is 13.1. The first-order valence-corrected chi connectivity index (χ1v) is 15.9. The minimum absolute atomic E-state index is 0.105. The molecule has 228 valence electrons. The molecule has 1 fully saturated rings. The summed E-state index contributed by atoms with van der Waals surface area (Å²) in [6.07, 6.45) is 3.48. The summed E-state index contributed by atoms with van der Waals surface area (Å²) >= 11 is 1.60. The molecule has 2 aromatic carbocycles. The first-order chi connectivity index (χ1) is 21.3. The van der Waals surface area contributed by atoms with Gasteiger partial charge < -0.3 is 19.7 Å². The lowest BCUT2D eigenvalue weighted by Gasteiger charge is -2.36. The van der Waals surface area contributed by atoms with E-state index in [9.17, 15) is 4.79 Å². The molecule has 0 saturated carbocycles. The molecule has 6 rings (SSSR count). The normalized spacial score (nSPS) is 14.9. The smallest absolute Gasteiger partial charge is 0.251 e. The Bertz CT molecular complexity index is 1600. The Morgan fingerprint density at radius 3 is 2.52 bits per heavy atom. The number of thioether (sulfide) groups is 1. The second-order valence-electron chi connectivity index (χ2n) is 12.1. The summed E-state index contributed by atoms with van der Waals surface area (Å²) in [5.41, 5.74) is 4.79. The number of pyridine rings is 1. The number of nitrogens with zero attached hydrogens (tertiary/aromatic N) is 5. The van der Waals surface area contributed by atoms with E-state index in [0.717, 1.165) is 72.0 Å². The summed E-state index contributed by atoms with van der Waals surface area (Å²) in [5.74, 6) is 3.18. The Morgan fingerprint density at radius 2 is 1.73 bits per heavy atom. The molecule has 1 saturated heterocycles. The number of hydrogen-bond acceptors (Lipinski definition) is 9. The number of amides is 1. The number of nitrogens with one attached hydrogen (secondary N) is 1. The first kappa shape index (κ1) is 29.9. The number of anilines is 1. The number of aromatic nitrogens is 3. The zero-order valence-corrected chi connectivity index (χ0v) is 26.3. The van der Waals surface area contributed by atoms with Gasteiger partial charge in [-0.3, -0.25) is 14.7 Å². The third-order valence-corrected chi connectivity index (χ3v) is 8.65. The van der Waals surface area contributed by atoms with E-state index in [-0.39, 0.29) is 11.3 Å². The lowest BCUT2D eigenvalue weighted by Crippen LogP contribution is -2.46. The lowest BCUT2D eigenvalue weighted by atomic mass is 9.92. The van der Waals surface area contributed by atoms with Crippen molar-refractivity contribution in [3.05, 3.63) is 101 Å². The molecule has 10 heteroatoms. The van der Waals surface area contributed by atoms with E-state index in [1.165, 1.54) is 5.56 Å². The largest absolute Gasteiger partial charge is 0.454 e. The molecule has 4 aromatic rings. The minimum atomic E-state index is -0.111. The average Bonchev–Trinajstić information content (AvgIpc) is 3.51. The maximum atomic E-state index is 12.8. The predicted molar refractivity (Wildman–Crippen MR) is 172 cm³/mol. The van der Waals surface area contributed by atoms with Crippen molar-refractivity contribution in [1.82, 2.24) is 25.2 Å². The van der Waals surface area contributed by atoms with Gasteiger partial charge in [0.05, 0.1) is 5.69 Å². The van der Waals surface area contributed by atoms with Crippen LogP contribution in [-0.4, -0.2) is 58.7 Å². The summed E-state index contributed by atoms with van der Waals surface area (Å²) in [4.78, 5) is 31.7. The fraction of sp³-hybridized carbons (Fsp3) is 0.353. The van der Waals surface area contributed by atoms with Crippen LogP contribution in [0.25, 0.3) is 0 Å². The molecule has 0 spiro atoms. The predicted octanol–water partition coefficient (Wildman–Crippen LogP) is 5.44. The van der Waals surface area contributed by atoms with Crippen LogP contribution >= 0.6 is 11.8 Å². The Balaban J connectivity index is 1.09. The van der Waals surface area contributed by atoms with Gasteiger partial charge >= 0.3 is 0 Å². The van der Waals surface area contributed by atoms with Crippen molar-refractivity contribution in [2.75, 3.05) is 37.9 Å². The molecule has 2 aliphatic rings. The average molecular weight is 611 g/mol. The van der Waals surface area contributed by atoms with E-state index < -0.39 is 0 Å². The number of fused-ring (bicyclic) bond motifs is 1. The number of carbonyl (C=O) groups excluding carboxylic acids is 1. The highest BCUT2D eigenvalue weighted by atomic mass is 32.2. The number of benzene rings is 2. The standard InChI is InChI=1S/C34H38N6O3S/c1-34(2,3)30-18-31(40-14-12-39(13-15-40)21-24-9-10-28-29(17-24)43-23-42-28)38-33(37-30)44-22-25-6-4-8-27(16-25)32(41)36-20-26-7-5-11-35-19-26/h4-11,16-19H,12-15,20-23H2,1-3H3,(H,36,41). The Labute approximate surface area is 263 Å². The van der Waals surface area contributed by atoms with Crippen molar-refractivity contribution < 1.29 is 14.3 Å². The van der Waals surface area contributed by atoms with Crippen molar-refractivity contribution in [3.63, 3.8) is 0 Å². The molecule has 0 radical (unpaired) electrons. The third kappa shape index (κ3) is 7.49. The van der Waals surface area contributed by atoms with Crippen LogP contribution in [0.5, 0.6) is 11.5 Å². The van der Waals surface area contributed by atoms with E-state index in [1.807, 2.05) is 42.5 Å². The van der Waals surface area contributed by atoms with Gasteiger partial charge in [0.1, 0.15) is 5.82 Å². The van der Waals surface area contributed by atoms with E-state index >= 15 is 0 Å². The fourth-order valence-electron chi connectivity index (χ4n) is 5.19. The van der Waals surface area contributed by atoms with Gasteiger partial charge in [-0.2, -0.15) is 0 Å². The van der Waals surface area contributed by atoms with Crippen molar-refractivity contribution in [3.8, 4) is 11.5 Å². The van der Waals surface area contributed by atoms with Crippen LogP contribution in [0, 0.1) is 0 Å². The van der Waals surface area contributed by atoms with Crippen LogP contribution in [0.15, 0.2) is 78.2 Å². The van der Waals surface area contributed by atoms with Gasteiger partial charge in [0.2, 0.25) is 6.79 Å². The van der Waals surface area contributed by atoms with Crippen LogP contribution < -0.4 is 19.7 Å². The van der Waals surface area contributed by atoms with Crippen LogP contribution in [-0.2, 0) is 24.3 Å². The van der Waals surface area contributed by atoms with Crippen molar-refractivity contribution in [1.29, 1.82) is 0 Å². The highest BCUT2D eigenvalue weighted by Crippen LogP contribution is 2.33. The van der Waals surface area contributed by atoms with Crippen LogP contribution in [0.2, 0.25) is 0 Å². The zero-order chi connectivity index (χ0) is 30.5. The van der Waals surface area contributed by atoms with E-state index in [4.69, 9.17) is 19.4 Å². The molecule has 2 aromatic heterocycles. The van der Waals surface area contributed by atoms with Crippen LogP contribution in [0.1, 0.15) is 53.5 Å². The van der Waals surface area contributed by atoms with Gasteiger partial charge in [-0.05, 0) is 47.0 Å². The molecule has 0 aliphatic carbocycles. The Hall–Kier alpha value is -4.15. The fourth-order valence-corrected chi connectivity index (χ4v) is 5.99. The monoisotopic (exact) mass is 610 g/mol. The maximum Gasteiger partial charge on any atom is 0.251 e. The van der Waals surface area contributed by atoms with Crippen LogP contribution in [0.3, 0.4) is 0 Å². The molecule has 44 heavy (non-hydrogen) atoms. The van der Waals surface area contributed by atoms with E-state index in [0.29, 0.717) is 24.7 Å². The summed E-state index contributed by atoms with van der Waals surface area (Å²) in [5, 5.41) is 3.73. The van der Waals surface area contributed by atoms with Crippen molar-refractivity contribution in [2.24, 2.45) is 0 Å². The van der Waals surface area contributed by atoms with Gasteiger partial charge in [0.25, 0.3) is 5.91 Å². The van der Waals surface area contributed by atoms with Crippen molar-refractivity contribution >= 4 is 23.5 Å². The van der Waals surface area contributed by atoms with Gasteiger partial charge in [-0.15, -0.1) is 0 Å². The van der Waals surface area contributed by atoms with Crippen LogP contribution in [0.4, 0.5) is 5.82 Å². The molecular weight excluding hydrogens is 572 g/mol. The molecule has 1 amide bonds. The molecule has 0 unspecified atom stereocenters. The highest BCUT2D eigenvalue weighted by Gasteiger charge is 2.24. The van der Waals surface area contributed by atoms with E-state index in [1.54, 1.807) is 24.2 Å². The summed E-state index contributed by atoms with van der Waals surface area (Å²) in [7, 11) is 0. The topological polar surface area (TPSA) is 92.7 Å². The molecule has 0 bridgehead atoms. The molecule has 1 N–H and O–H groups in total. The third-order valence-electron chi connectivity index (χ3n) is 7.73. The lowest BCUT2D eigenvalue weighted by molar-refractivity contribution is 0.0950.